The van der Waals surface area contributed by atoms with E-state index in [0.29, 0.717) is 31.5 Å². The van der Waals surface area contributed by atoms with Crippen LogP contribution in [0.25, 0.3) is 0 Å². The lowest BCUT2D eigenvalue weighted by molar-refractivity contribution is -0.131. The van der Waals surface area contributed by atoms with Gasteiger partial charge < -0.3 is 15.3 Å². The number of benzene rings is 1. The molecule has 0 bridgehead atoms. The highest BCUT2D eigenvalue weighted by Crippen LogP contribution is 2.17. The maximum absolute atomic E-state index is 13.3. The largest absolute Gasteiger partial charge is 0.465 e. The van der Waals surface area contributed by atoms with Crippen LogP contribution in [-0.4, -0.2) is 41.1 Å². The van der Waals surface area contributed by atoms with E-state index in [1.807, 2.05) is 0 Å². The number of rotatable bonds is 3. The summed E-state index contributed by atoms with van der Waals surface area (Å²) in [4.78, 5) is 24.3. The summed E-state index contributed by atoms with van der Waals surface area (Å²) in [6.07, 6.45) is 0.252. The topological polar surface area (TPSA) is 69.6 Å². The van der Waals surface area contributed by atoms with Crippen LogP contribution < -0.4 is 5.32 Å². The third-order valence-corrected chi connectivity index (χ3v) is 3.82. The molecule has 1 aromatic carbocycles. The SMILES string of the molecule is O=C(O)NC1CCN(C(=O)Cc2ccc(Cl)c(F)c2)CC1. The van der Waals surface area contributed by atoms with Crippen molar-refractivity contribution >= 4 is 23.6 Å². The van der Waals surface area contributed by atoms with Gasteiger partial charge in [-0.25, -0.2) is 9.18 Å². The lowest BCUT2D eigenvalue weighted by Gasteiger charge is -2.32. The highest BCUT2D eigenvalue weighted by atomic mass is 35.5. The van der Waals surface area contributed by atoms with Gasteiger partial charge >= 0.3 is 6.09 Å². The fourth-order valence-corrected chi connectivity index (χ4v) is 2.50. The number of hydrogen-bond acceptors (Lipinski definition) is 2. The number of halogens is 2. The van der Waals surface area contributed by atoms with E-state index >= 15 is 0 Å². The van der Waals surface area contributed by atoms with E-state index in [2.05, 4.69) is 5.32 Å². The molecule has 5 nitrogen and oxygen atoms in total. The number of carboxylic acid groups (broad SMARTS) is 1. The van der Waals surface area contributed by atoms with Gasteiger partial charge in [0.25, 0.3) is 0 Å². The highest BCUT2D eigenvalue weighted by Gasteiger charge is 2.23. The molecule has 21 heavy (non-hydrogen) atoms. The molecule has 114 valence electrons. The van der Waals surface area contributed by atoms with Gasteiger partial charge in [-0.15, -0.1) is 0 Å². The summed E-state index contributed by atoms with van der Waals surface area (Å²) >= 11 is 5.60. The van der Waals surface area contributed by atoms with E-state index < -0.39 is 11.9 Å². The lowest BCUT2D eigenvalue weighted by Crippen LogP contribution is -2.46. The number of likely N-dealkylation sites (tertiary alicyclic amines) is 1. The first kappa shape index (κ1) is 15.6. The lowest BCUT2D eigenvalue weighted by atomic mass is 10.0. The van der Waals surface area contributed by atoms with Crippen LogP contribution in [0.5, 0.6) is 0 Å². The first-order valence-electron chi connectivity index (χ1n) is 6.67. The molecule has 0 unspecified atom stereocenters. The maximum atomic E-state index is 13.3. The van der Waals surface area contributed by atoms with Crippen molar-refractivity contribution in [1.29, 1.82) is 0 Å². The molecule has 0 aromatic heterocycles. The second-order valence-electron chi connectivity index (χ2n) is 5.03. The Morgan fingerprint density at radius 1 is 1.38 bits per heavy atom. The molecular weight excluding hydrogens is 299 g/mol. The van der Waals surface area contributed by atoms with Crippen LogP contribution in [0, 0.1) is 5.82 Å². The summed E-state index contributed by atoms with van der Waals surface area (Å²) < 4.78 is 13.3. The molecular formula is C14H16ClFN2O3. The fourth-order valence-electron chi connectivity index (χ4n) is 2.38. The molecule has 1 saturated heterocycles. The third kappa shape index (κ3) is 4.32. The van der Waals surface area contributed by atoms with E-state index in [1.165, 1.54) is 12.1 Å². The monoisotopic (exact) mass is 314 g/mol. The molecule has 2 amide bonds. The van der Waals surface area contributed by atoms with Gasteiger partial charge in [-0.2, -0.15) is 0 Å². The van der Waals surface area contributed by atoms with Crippen LogP contribution in [0.3, 0.4) is 0 Å². The fraction of sp³-hybridized carbons (Fsp3) is 0.429. The van der Waals surface area contributed by atoms with Gasteiger partial charge in [-0.3, -0.25) is 4.79 Å². The number of piperidine rings is 1. The molecule has 0 radical (unpaired) electrons. The normalized spacial score (nSPS) is 15.8. The summed E-state index contributed by atoms with van der Waals surface area (Å²) in [5.74, 6) is -0.628. The van der Waals surface area contributed by atoms with E-state index in [1.54, 1.807) is 11.0 Å². The minimum Gasteiger partial charge on any atom is -0.465 e. The molecule has 2 rings (SSSR count). The zero-order valence-corrected chi connectivity index (χ0v) is 12.1. The molecule has 1 aliphatic rings. The molecule has 1 aromatic rings. The Hall–Kier alpha value is -1.82. The van der Waals surface area contributed by atoms with Crippen molar-refractivity contribution in [2.75, 3.05) is 13.1 Å². The number of nitrogens with zero attached hydrogens (tertiary/aromatic N) is 1. The second kappa shape index (κ2) is 6.76. The molecule has 7 heteroatoms. The second-order valence-corrected chi connectivity index (χ2v) is 5.44. The van der Waals surface area contributed by atoms with Crippen molar-refractivity contribution in [2.24, 2.45) is 0 Å². The first-order chi connectivity index (χ1) is 9.95. The van der Waals surface area contributed by atoms with Crippen molar-refractivity contribution in [3.8, 4) is 0 Å². The van der Waals surface area contributed by atoms with Crippen molar-refractivity contribution in [3.05, 3.63) is 34.6 Å². The van der Waals surface area contributed by atoms with Gasteiger partial charge in [-0.1, -0.05) is 17.7 Å². The summed E-state index contributed by atoms with van der Waals surface area (Å²) in [6, 6.07) is 4.21. The van der Waals surface area contributed by atoms with Crippen molar-refractivity contribution < 1.29 is 19.1 Å². The minimum absolute atomic E-state index is 0.0340. The van der Waals surface area contributed by atoms with E-state index in [0.717, 1.165) is 0 Å². The smallest absolute Gasteiger partial charge is 0.404 e. The number of hydrogen-bond donors (Lipinski definition) is 2. The van der Waals surface area contributed by atoms with Crippen LogP contribution >= 0.6 is 11.6 Å². The maximum Gasteiger partial charge on any atom is 0.404 e. The van der Waals surface area contributed by atoms with Crippen LogP contribution in [0.2, 0.25) is 5.02 Å². The molecule has 0 saturated carbocycles. The average molecular weight is 315 g/mol. The van der Waals surface area contributed by atoms with Gasteiger partial charge in [0.15, 0.2) is 0 Å². The van der Waals surface area contributed by atoms with Gasteiger partial charge in [0.2, 0.25) is 5.91 Å². The summed E-state index contributed by atoms with van der Waals surface area (Å²) in [5, 5.41) is 11.1. The van der Waals surface area contributed by atoms with Crippen molar-refractivity contribution in [3.63, 3.8) is 0 Å². The standard InChI is InChI=1S/C14H16ClFN2O3/c15-11-2-1-9(7-12(11)16)8-13(19)18-5-3-10(4-6-18)17-14(20)21/h1-2,7,10,17H,3-6,8H2,(H,20,21). The van der Waals surface area contributed by atoms with Crippen LogP contribution in [0.4, 0.5) is 9.18 Å². The summed E-state index contributed by atoms with van der Waals surface area (Å²) in [5.41, 5.74) is 0.577. The van der Waals surface area contributed by atoms with Crippen LogP contribution in [-0.2, 0) is 11.2 Å². The average Bonchev–Trinajstić information content (AvgIpc) is 2.43. The molecule has 1 fully saturated rings. The Balaban J connectivity index is 1.87. The van der Waals surface area contributed by atoms with Gasteiger partial charge in [0.05, 0.1) is 11.4 Å². The molecule has 2 N–H and O–H groups in total. The summed E-state index contributed by atoms with van der Waals surface area (Å²) in [7, 11) is 0. The van der Waals surface area contributed by atoms with Gasteiger partial charge in [0, 0.05) is 19.1 Å². The predicted octanol–water partition coefficient (Wildman–Crippen LogP) is 2.28. The van der Waals surface area contributed by atoms with E-state index in [4.69, 9.17) is 16.7 Å². The summed E-state index contributed by atoms with van der Waals surface area (Å²) in [6.45, 7) is 1.000. The molecule has 0 atom stereocenters. The highest BCUT2D eigenvalue weighted by molar-refractivity contribution is 6.30. The number of carbonyl (C=O) groups excluding carboxylic acids is 1. The zero-order valence-electron chi connectivity index (χ0n) is 11.3. The Morgan fingerprint density at radius 3 is 2.62 bits per heavy atom. The minimum atomic E-state index is -1.04. The van der Waals surface area contributed by atoms with Crippen molar-refractivity contribution in [2.45, 2.75) is 25.3 Å². The van der Waals surface area contributed by atoms with E-state index in [9.17, 15) is 14.0 Å². The number of amides is 2. The molecule has 0 aliphatic carbocycles. The number of nitrogens with one attached hydrogen (secondary N) is 1. The number of carbonyl (C=O) groups is 2. The quantitative estimate of drug-likeness (QED) is 0.899. The van der Waals surface area contributed by atoms with Gasteiger partial charge in [-0.05, 0) is 30.5 Å². The Bertz CT molecular complexity index is 545. The van der Waals surface area contributed by atoms with Gasteiger partial charge in [0.1, 0.15) is 5.82 Å². The zero-order chi connectivity index (χ0) is 15.4. The van der Waals surface area contributed by atoms with Crippen LogP contribution in [0.15, 0.2) is 18.2 Å². The molecule has 0 spiro atoms. The van der Waals surface area contributed by atoms with Crippen molar-refractivity contribution in [1.82, 2.24) is 10.2 Å². The predicted molar refractivity (Wildman–Crippen MR) is 75.9 cm³/mol. The van der Waals surface area contributed by atoms with Crippen LogP contribution in [0.1, 0.15) is 18.4 Å². The Morgan fingerprint density at radius 2 is 2.05 bits per heavy atom. The Labute approximate surface area is 126 Å². The molecule has 1 aliphatic heterocycles. The van der Waals surface area contributed by atoms with E-state index in [-0.39, 0.29) is 23.4 Å². The molecule has 1 heterocycles. The first-order valence-corrected chi connectivity index (χ1v) is 7.04. The Kier molecular flexibility index (Phi) is 5.01. The third-order valence-electron chi connectivity index (χ3n) is 3.51.